The summed E-state index contributed by atoms with van der Waals surface area (Å²) in [5.74, 6) is 1.53. The van der Waals surface area contributed by atoms with E-state index < -0.39 is 0 Å². The molecule has 2 aromatic rings. The number of amides is 2. The van der Waals surface area contributed by atoms with Gasteiger partial charge in [-0.05, 0) is 48.9 Å². The monoisotopic (exact) mass is 428 g/mol. The van der Waals surface area contributed by atoms with Crippen LogP contribution >= 0.6 is 11.8 Å². The second kappa shape index (κ2) is 11.0. The van der Waals surface area contributed by atoms with Crippen molar-refractivity contribution in [1.29, 1.82) is 0 Å². The first kappa shape index (κ1) is 22.2. The molecule has 1 fully saturated rings. The van der Waals surface area contributed by atoms with Crippen LogP contribution in [0.3, 0.4) is 0 Å². The molecule has 2 N–H and O–H groups in total. The predicted octanol–water partition coefficient (Wildman–Crippen LogP) is 1.60. The third kappa shape index (κ3) is 6.78. The zero-order valence-electron chi connectivity index (χ0n) is 17.6. The number of rotatable bonds is 8. The van der Waals surface area contributed by atoms with E-state index in [-0.39, 0.29) is 17.6 Å². The number of benzene rings is 2. The van der Waals surface area contributed by atoms with E-state index in [9.17, 15) is 9.59 Å². The second-order valence-electron chi connectivity index (χ2n) is 7.57. The first-order chi connectivity index (χ1) is 14.5. The zero-order chi connectivity index (χ0) is 21.3. The highest BCUT2D eigenvalue weighted by Crippen LogP contribution is 2.12. The Bertz CT molecular complexity index is 849. The minimum Gasteiger partial charge on any atom is -0.497 e. The van der Waals surface area contributed by atoms with Gasteiger partial charge in [0.05, 0.1) is 44.8 Å². The van der Waals surface area contributed by atoms with Crippen molar-refractivity contribution >= 4 is 29.3 Å². The van der Waals surface area contributed by atoms with Crippen LogP contribution in [0.5, 0.6) is 5.75 Å². The van der Waals surface area contributed by atoms with Crippen LogP contribution in [0.15, 0.2) is 48.5 Å². The average Bonchev–Trinajstić information content (AvgIpc) is 2.75. The molecule has 0 atom stereocenters. The molecular weight excluding hydrogens is 398 g/mol. The summed E-state index contributed by atoms with van der Waals surface area (Å²) >= 11 is 1.37. The van der Waals surface area contributed by atoms with Crippen LogP contribution in [0.1, 0.15) is 11.1 Å². The van der Waals surface area contributed by atoms with Gasteiger partial charge in [0.15, 0.2) is 0 Å². The fraction of sp³-hybridized carbons (Fsp3) is 0.391. The lowest BCUT2D eigenvalue weighted by Crippen LogP contribution is -3.13. The van der Waals surface area contributed by atoms with Gasteiger partial charge in [-0.25, -0.2) is 0 Å². The lowest BCUT2D eigenvalue weighted by molar-refractivity contribution is -0.917. The van der Waals surface area contributed by atoms with Crippen molar-refractivity contribution in [2.24, 2.45) is 0 Å². The molecule has 1 heterocycles. The first-order valence-electron chi connectivity index (χ1n) is 10.2. The van der Waals surface area contributed by atoms with E-state index in [1.807, 2.05) is 48.2 Å². The van der Waals surface area contributed by atoms with Crippen LogP contribution in [0.2, 0.25) is 0 Å². The Morgan fingerprint density at radius 1 is 1.10 bits per heavy atom. The highest BCUT2D eigenvalue weighted by molar-refractivity contribution is 8.00. The SMILES string of the molecule is COc1ccc(C[NH+]2CCN(C(=O)CSCC(=O)Nc3cccc(C)c3)CC2)cc1. The minimum atomic E-state index is -0.0767. The summed E-state index contributed by atoms with van der Waals surface area (Å²) in [6.45, 7) is 6.36. The molecule has 7 heteroatoms. The zero-order valence-corrected chi connectivity index (χ0v) is 18.5. The predicted molar refractivity (Wildman–Crippen MR) is 121 cm³/mol. The van der Waals surface area contributed by atoms with Crippen LogP contribution < -0.4 is 15.0 Å². The van der Waals surface area contributed by atoms with E-state index in [0.717, 1.165) is 49.7 Å². The molecule has 0 aliphatic carbocycles. The molecule has 0 spiro atoms. The fourth-order valence-electron chi connectivity index (χ4n) is 3.52. The van der Waals surface area contributed by atoms with Crippen LogP contribution in [0.4, 0.5) is 5.69 Å². The number of aryl methyl sites for hydroxylation is 1. The van der Waals surface area contributed by atoms with Gasteiger partial charge in [-0.1, -0.05) is 12.1 Å². The number of carbonyl (C=O) groups excluding carboxylic acids is 2. The van der Waals surface area contributed by atoms with Gasteiger partial charge < -0.3 is 19.9 Å². The Balaban J connectivity index is 1.34. The Morgan fingerprint density at radius 2 is 1.83 bits per heavy atom. The number of piperazine rings is 1. The second-order valence-corrected chi connectivity index (χ2v) is 8.55. The number of carbonyl (C=O) groups is 2. The van der Waals surface area contributed by atoms with E-state index >= 15 is 0 Å². The number of hydrogen-bond donors (Lipinski definition) is 2. The standard InChI is InChI=1S/C23H29N3O3S/c1-18-4-3-5-20(14-18)24-22(27)16-30-17-23(28)26-12-10-25(11-13-26)15-19-6-8-21(29-2)9-7-19/h3-9,14H,10-13,15-17H2,1-2H3,(H,24,27)/p+1. The summed E-state index contributed by atoms with van der Waals surface area (Å²) in [5.41, 5.74) is 3.17. The topological polar surface area (TPSA) is 63.1 Å². The molecule has 1 aliphatic heterocycles. The summed E-state index contributed by atoms with van der Waals surface area (Å²) in [4.78, 5) is 27.9. The summed E-state index contributed by atoms with van der Waals surface area (Å²) in [5, 5.41) is 2.88. The number of nitrogens with one attached hydrogen (secondary N) is 2. The number of nitrogens with zero attached hydrogens (tertiary/aromatic N) is 1. The molecule has 6 nitrogen and oxygen atoms in total. The quantitative estimate of drug-likeness (QED) is 0.671. The Labute approximate surface area is 182 Å². The molecule has 2 aromatic carbocycles. The van der Waals surface area contributed by atoms with Crippen molar-refractivity contribution in [3.05, 3.63) is 59.7 Å². The lowest BCUT2D eigenvalue weighted by Gasteiger charge is -2.32. The summed E-state index contributed by atoms with van der Waals surface area (Å²) in [7, 11) is 1.67. The highest BCUT2D eigenvalue weighted by Gasteiger charge is 2.23. The first-order valence-corrected chi connectivity index (χ1v) is 11.4. The largest absolute Gasteiger partial charge is 0.497 e. The maximum absolute atomic E-state index is 12.5. The van der Waals surface area contributed by atoms with Gasteiger partial charge in [0.25, 0.3) is 0 Å². The molecule has 0 unspecified atom stereocenters. The van der Waals surface area contributed by atoms with Crippen molar-refractivity contribution in [2.75, 3.05) is 50.1 Å². The maximum atomic E-state index is 12.5. The van der Waals surface area contributed by atoms with Crippen molar-refractivity contribution in [1.82, 2.24) is 4.90 Å². The molecule has 1 aliphatic rings. The number of anilines is 1. The van der Waals surface area contributed by atoms with E-state index in [2.05, 4.69) is 17.4 Å². The van der Waals surface area contributed by atoms with Crippen LogP contribution in [0.25, 0.3) is 0 Å². The number of methoxy groups -OCH3 is 1. The minimum absolute atomic E-state index is 0.0767. The molecular formula is C23H30N3O3S+. The highest BCUT2D eigenvalue weighted by atomic mass is 32.2. The molecule has 1 saturated heterocycles. The van der Waals surface area contributed by atoms with Crippen molar-refractivity contribution in [2.45, 2.75) is 13.5 Å². The third-order valence-electron chi connectivity index (χ3n) is 5.20. The Hall–Kier alpha value is -2.51. The number of ether oxygens (including phenoxy) is 1. The maximum Gasteiger partial charge on any atom is 0.234 e. The van der Waals surface area contributed by atoms with Crippen LogP contribution in [-0.4, -0.2) is 61.5 Å². The molecule has 0 saturated carbocycles. The van der Waals surface area contributed by atoms with E-state index in [0.29, 0.717) is 5.75 Å². The molecule has 2 amide bonds. The molecule has 30 heavy (non-hydrogen) atoms. The molecule has 0 aromatic heterocycles. The molecule has 0 radical (unpaired) electrons. The molecule has 0 bridgehead atoms. The Kier molecular flexibility index (Phi) is 8.16. The third-order valence-corrected chi connectivity index (χ3v) is 6.11. The molecule has 3 rings (SSSR count). The smallest absolute Gasteiger partial charge is 0.234 e. The molecule has 160 valence electrons. The van der Waals surface area contributed by atoms with Crippen LogP contribution in [-0.2, 0) is 16.1 Å². The average molecular weight is 429 g/mol. The van der Waals surface area contributed by atoms with Gasteiger partial charge in [0.1, 0.15) is 12.3 Å². The van der Waals surface area contributed by atoms with Gasteiger partial charge in [-0.3, -0.25) is 9.59 Å². The van der Waals surface area contributed by atoms with Gasteiger partial charge >= 0.3 is 0 Å². The van der Waals surface area contributed by atoms with E-state index in [1.54, 1.807) is 7.11 Å². The van der Waals surface area contributed by atoms with Gasteiger partial charge in [0, 0.05) is 11.3 Å². The van der Waals surface area contributed by atoms with E-state index in [1.165, 1.54) is 22.2 Å². The lowest BCUT2D eigenvalue weighted by atomic mass is 10.2. The fourth-order valence-corrected chi connectivity index (χ4v) is 4.24. The normalized spacial score (nSPS) is 14.4. The van der Waals surface area contributed by atoms with Gasteiger partial charge in [0.2, 0.25) is 11.8 Å². The summed E-state index contributed by atoms with van der Waals surface area (Å²) in [6.07, 6.45) is 0. The van der Waals surface area contributed by atoms with E-state index in [4.69, 9.17) is 4.74 Å². The van der Waals surface area contributed by atoms with Crippen molar-refractivity contribution in [3.8, 4) is 5.75 Å². The number of quaternary nitrogens is 1. The Morgan fingerprint density at radius 3 is 2.50 bits per heavy atom. The summed E-state index contributed by atoms with van der Waals surface area (Å²) < 4.78 is 5.20. The van der Waals surface area contributed by atoms with Crippen LogP contribution in [0, 0.1) is 6.92 Å². The van der Waals surface area contributed by atoms with Gasteiger partial charge in [-0.15, -0.1) is 11.8 Å². The van der Waals surface area contributed by atoms with Crippen molar-refractivity contribution < 1.29 is 19.2 Å². The summed E-state index contributed by atoms with van der Waals surface area (Å²) in [6, 6.07) is 15.9. The van der Waals surface area contributed by atoms with Gasteiger partial charge in [-0.2, -0.15) is 0 Å². The number of thioether (sulfide) groups is 1. The van der Waals surface area contributed by atoms with Crippen molar-refractivity contribution in [3.63, 3.8) is 0 Å². The number of hydrogen-bond acceptors (Lipinski definition) is 4.